The molecule has 0 amide bonds. The second-order valence-electron chi connectivity index (χ2n) is 6.13. The summed E-state index contributed by atoms with van der Waals surface area (Å²) in [7, 11) is 0. The van der Waals surface area contributed by atoms with Crippen molar-refractivity contribution in [1.82, 2.24) is 20.3 Å². The molecule has 1 aliphatic rings. The number of rotatable bonds is 5. The molecule has 3 rings (SSSR count). The van der Waals surface area contributed by atoms with E-state index >= 15 is 0 Å². The molecular formula is C16H20N6O2. The zero-order valence-electron chi connectivity index (χ0n) is 13.8. The number of hydrogen-bond donors (Lipinski definition) is 1. The van der Waals surface area contributed by atoms with E-state index in [1.54, 1.807) is 12.1 Å². The van der Waals surface area contributed by atoms with E-state index in [0.29, 0.717) is 36.7 Å². The van der Waals surface area contributed by atoms with Crippen molar-refractivity contribution in [2.75, 3.05) is 18.5 Å². The minimum absolute atomic E-state index is 0.156. The predicted molar refractivity (Wildman–Crippen MR) is 85.0 cm³/mol. The molecule has 1 aliphatic heterocycles. The SMILES string of the molecule is CC(C)c1noc(C(Nc2ccc(C#N)nn2)C2CCOCC2)n1. The van der Waals surface area contributed by atoms with Crippen LogP contribution in [0.2, 0.25) is 0 Å². The maximum atomic E-state index is 8.83. The Bertz CT molecular complexity index is 700. The van der Waals surface area contributed by atoms with Crippen LogP contribution in [-0.2, 0) is 4.74 Å². The van der Waals surface area contributed by atoms with Gasteiger partial charge in [-0.05, 0) is 30.9 Å². The van der Waals surface area contributed by atoms with Gasteiger partial charge < -0.3 is 14.6 Å². The summed E-state index contributed by atoms with van der Waals surface area (Å²) in [6.07, 6.45) is 1.81. The highest BCUT2D eigenvalue weighted by atomic mass is 16.5. The first kappa shape index (κ1) is 16.3. The van der Waals surface area contributed by atoms with Crippen LogP contribution in [0.3, 0.4) is 0 Å². The van der Waals surface area contributed by atoms with Crippen molar-refractivity contribution in [2.24, 2.45) is 5.92 Å². The summed E-state index contributed by atoms with van der Waals surface area (Å²) < 4.78 is 10.9. The van der Waals surface area contributed by atoms with Gasteiger partial charge in [-0.25, -0.2) is 0 Å². The Morgan fingerprint density at radius 2 is 2.04 bits per heavy atom. The molecule has 1 atom stereocenters. The van der Waals surface area contributed by atoms with Gasteiger partial charge >= 0.3 is 0 Å². The minimum atomic E-state index is -0.156. The Hall–Kier alpha value is -2.53. The summed E-state index contributed by atoms with van der Waals surface area (Å²) in [6.45, 7) is 5.48. The third-order valence-electron chi connectivity index (χ3n) is 4.06. The smallest absolute Gasteiger partial charge is 0.249 e. The number of anilines is 1. The zero-order chi connectivity index (χ0) is 16.9. The Kier molecular flexibility index (Phi) is 5.01. The third-order valence-corrected chi connectivity index (χ3v) is 4.06. The van der Waals surface area contributed by atoms with Crippen LogP contribution >= 0.6 is 0 Å². The molecule has 1 unspecified atom stereocenters. The molecule has 8 heteroatoms. The molecule has 0 aromatic carbocycles. The molecule has 1 fully saturated rings. The average Bonchev–Trinajstić information content (AvgIpc) is 3.11. The van der Waals surface area contributed by atoms with Gasteiger partial charge in [-0.1, -0.05) is 19.0 Å². The van der Waals surface area contributed by atoms with Gasteiger partial charge in [0.05, 0.1) is 0 Å². The Morgan fingerprint density at radius 3 is 2.62 bits per heavy atom. The fourth-order valence-corrected chi connectivity index (χ4v) is 2.67. The summed E-state index contributed by atoms with van der Waals surface area (Å²) in [5.41, 5.74) is 0.281. The van der Waals surface area contributed by atoms with Gasteiger partial charge in [-0.2, -0.15) is 10.2 Å². The molecule has 2 aromatic rings. The van der Waals surface area contributed by atoms with Crippen molar-refractivity contribution in [2.45, 2.75) is 38.6 Å². The summed E-state index contributed by atoms with van der Waals surface area (Å²) in [4.78, 5) is 4.53. The van der Waals surface area contributed by atoms with Crippen molar-refractivity contribution >= 4 is 5.82 Å². The number of hydrogen-bond acceptors (Lipinski definition) is 8. The Labute approximate surface area is 140 Å². The van der Waals surface area contributed by atoms with Gasteiger partial charge in [0, 0.05) is 19.1 Å². The first-order valence-corrected chi connectivity index (χ1v) is 8.09. The number of nitrogens with zero attached hydrogens (tertiary/aromatic N) is 5. The van der Waals surface area contributed by atoms with Crippen LogP contribution in [0.4, 0.5) is 5.82 Å². The van der Waals surface area contributed by atoms with Crippen molar-refractivity contribution in [3.63, 3.8) is 0 Å². The van der Waals surface area contributed by atoms with Crippen LogP contribution in [0.15, 0.2) is 16.7 Å². The molecule has 0 spiro atoms. The van der Waals surface area contributed by atoms with Gasteiger partial charge in [-0.3, -0.25) is 0 Å². The quantitative estimate of drug-likeness (QED) is 0.891. The Morgan fingerprint density at radius 1 is 1.25 bits per heavy atom. The second-order valence-corrected chi connectivity index (χ2v) is 6.13. The molecule has 126 valence electrons. The van der Waals surface area contributed by atoms with E-state index in [1.807, 2.05) is 19.9 Å². The predicted octanol–water partition coefficient (Wildman–Crippen LogP) is 2.43. The van der Waals surface area contributed by atoms with Gasteiger partial charge in [0.15, 0.2) is 11.5 Å². The van der Waals surface area contributed by atoms with Crippen LogP contribution in [0.1, 0.15) is 56.1 Å². The average molecular weight is 328 g/mol. The van der Waals surface area contributed by atoms with E-state index in [0.717, 1.165) is 12.8 Å². The molecular weight excluding hydrogens is 308 g/mol. The van der Waals surface area contributed by atoms with Crippen molar-refractivity contribution in [3.05, 3.63) is 29.5 Å². The maximum absolute atomic E-state index is 8.83. The molecule has 3 heterocycles. The third kappa shape index (κ3) is 3.68. The van der Waals surface area contributed by atoms with Crippen LogP contribution in [0, 0.1) is 17.2 Å². The van der Waals surface area contributed by atoms with Crippen LogP contribution in [-0.4, -0.2) is 33.6 Å². The lowest BCUT2D eigenvalue weighted by molar-refractivity contribution is 0.0570. The van der Waals surface area contributed by atoms with Gasteiger partial charge in [0.25, 0.3) is 0 Å². The highest BCUT2D eigenvalue weighted by Gasteiger charge is 2.30. The summed E-state index contributed by atoms with van der Waals surface area (Å²) in [5.74, 6) is 2.32. The minimum Gasteiger partial charge on any atom is -0.381 e. The lowest BCUT2D eigenvalue weighted by Crippen LogP contribution is -2.27. The van der Waals surface area contributed by atoms with Gasteiger partial charge in [0.1, 0.15) is 17.9 Å². The van der Waals surface area contributed by atoms with E-state index < -0.39 is 0 Å². The van der Waals surface area contributed by atoms with Crippen LogP contribution in [0.5, 0.6) is 0 Å². The molecule has 8 nitrogen and oxygen atoms in total. The normalized spacial score (nSPS) is 16.8. The van der Waals surface area contributed by atoms with Gasteiger partial charge in [0.2, 0.25) is 5.89 Å². The van der Waals surface area contributed by atoms with Crippen molar-refractivity contribution < 1.29 is 9.26 Å². The summed E-state index contributed by atoms with van der Waals surface area (Å²) in [6, 6.07) is 5.17. The molecule has 24 heavy (non-hydrogen) atoms. The monoisotopic (exact) mass is 328 g/mol. The van der Waals surface area contributed by atoms with Crippen LogP contribution in [0.25, 0.3) is 0 Å². The highest BCUT2D eigenvalue weighted by molar-refractivity contribution is 5.37. The molecule has 1 N–H and O–H groups in total. The Balaban J connectivity index is 1.84. The van der Waals surface area contributed by atoms with E-state index in [9.17, 15) is 0 Å². The summed E-state index contributed by atoms with van der Waals surface area (Å²) >= 11 is 0. The number of ether oxygens (including phenoxy) is 1. The molecule has 0 radical (unpaired) electrons. The van der Waals surface area contributed by atoms with E-state index in [-0.39, 0.29) is 17.7 Å². The van der Waals surface area contributed by atoms with E-state index in [4.69, 9.17) is 14.5 Å². The first-order chi connectivity index (χ1) is 11.7. The topological polar surface area (TPSA) is 110 Å². The molecule has 1 saturated heterocycles. The van der Waals surface area contributed by atoms with Crippen molar-refractivity contribution in [1.29, 1.82) is 5.26 Å². The summed E-state index contributed by atoms with van der Waals surface area (Å²) in [5, 5.41) is 24.1. The van der Waals surface area contributed by atoms with Gasteiger partial charge in [-0.15, -0.1) is 10.2 Å². The largest absolute Gasteiger partial charge is 0.381 e. The molecule has 2 aromatic heterocycles. The number of aromatic nitrogens is 4. The highest BCUT2D eigenvalue weighted by Crippen LogP contribution is 2.32. The fraction of sp³-hybridized carbons (Fsp3) is 0.562. The standard InChI is InChI=1S/C16H20N6O2/c1-10(2)15-19-16(24-22-15)14(11-5-7-23-8-6-11)18-13-4-3-12(9-17)20-21-13/h3-4,10-11,14H,5-8H2,1-2H3,(H,18,21). The van der Waals surface area contributed by atoms with Crippen LogP contribution < -0.4 is 5.32 Å². The zero-order valence-corrected chi connectivity index (χ0v) is 13.8. The van der Waals surface area contributed by atoms with Crippen molar-refractivity contribution in [3.8, 4) is 6.07 Å². The van der Waals surface area contributed by atoms with E-state index in [1.165, 1.54) is 0 Å². The molecule has 0 bridgehead atoms. The number of nitriles is 1. The maximum Gasteiger partial charge on any atom is 0.249 e. The molecule has 0 aliphatic carbocycles. The lowest BCUT2D eigenvalue weighted by Gasteiger charge is -2.28. The first-order valence-electron chi connectivity index (χ1n) is 8.09. The second kappa shape index (κ2) is 7.36. The van der Waals surface area contributed by atoms with E-state index in [2.05, 4.69) is 25.7 Å². The lowest BCUT2D eigenvalue weighted by atomic mass is 9.91. The fourth-order valence-electron chi connectivity index (χ4n) is 2.67. The number of nitrogens with one attached hydrogen (secondary N) is 1. The molecule has 0 saturated carbocycles.